The van der Waals surface area contributed by atoms with E-state index in [1.54, 1.807) is 29.6 Å². The molecule has 0 bridgehead atoms. The van der Waals surface area contributed by atoms with Crippen LogP contribution >= 0.6 is 0 Å². The lowest BCUT2D eigenvalue weighted by atomic mass is 10.1. The molecule has 0 aliphatic carbocycles. The molecule has 33 heavy (non-hydrogen) atoms. The number of hydrogen-bond acceptors (Lipinski definition) is 6. The topological polar surface area (TPSA) is 103 Å². The molecule has 1 aromatic carbocycles. The zero-order valence-corrected chi connectivity index (χ0v) is 19.0. The number of benzene rings is 1. The standard InChI is InChI=1S/C24H28N6O3/c1-16(20-7-4-5-10-26-20)25-11-6-12-27-22(31)15-30-23-18-13-17(33-3)8-9-21(18)29(2)24(32)19(23)14-28-30/h4-5,7-10,13-14,16,25H,6,11-12,15H2,1-3H3,(H,27,31). The van der Waals surface area contributed by atoms with E-state index >= 15 is 0 Å². The average molecular weight is 449 g/mol. The quantitative estimate of drug-likeness (QED) is 0.381. The first-order chi connectivity index (χ1) is 16.0. The molecule has 0 radical (unpaired) electrons. The molecule has 0 aliphatic heterocycles. The van der Waals surface area contributed by atoms with E-state index in [0.717, 1.165) is 29.6 Å². The van der Waals surface area contributed by atoms with Crippen LogP contribution in [0.25, 0.3) is 21.8 Å². The number of ether oxygens (including phenoxy) is 1. The van der Waals surface area contributed by atoms with E-state index in [1.807, 2.05) is 36.4 Å². The van der Waals surface area contributed by atoms with Crippen LogP contribution in [0, 0.1) is 0 Å². The van der Waals surface area contributed by atoms with Gasteiger partial charge in [-0.15, -0.1) is 0 Å². The van der Waals surface area contributed by atoms with E-state index in [1.165, 1.54) is 6.20 Å². The van der Waals surface area contributed by atoms with Gasteiger partial charge in [0.1, 0.15) is 12.3 Å². The van der Waals surface area contributed by atoms with Crippen molar-refractivity contribution in [2.45, 2.75) is 25.9 Å². The van der Waals surface area contributed by atoms with Gasteiger partial charge in [0.2, 0.25) is 5.91 Å². The Hall–Kier alpha value is -3.72. The molecule has 4 aromatic rings. The predicted molar refractivity (Wildman–Crippen MR) is 127 cm³/mol. The van der Waals surface area contributed by atoms with Crippen molar-refractivity contribution in [2.24, 2.45) is 7.05 Å². The van der Waals surface area contributed by atoms with Crippen LogP contribution in [0.4, 0.5) is 0 Å². The van der Waals surface area contributed by atoms with E-state index in [-0.39, 0.29) is 24.1 Å². The minimum absolute atomic E-state index is 0.0285. The van der Waals surface area contributed by atoms with Gasteiger partial charge in [-0.2, -0.15) is 5.10 Å². The number of rotatable bonds is 9. The van der Waals surface area contributed by atoms with Crippen LogP contribution in [0.1, 0.15) is 25.1 Å². The van der Waals surface area contributed by atoms with Gasteiger partial charge in [-0.25, -0.2) is 0 Å². The number of nitrogens with one attached hydrogen (secondary N) is 2. The van der Waals surface area contributed by atoms with Gasteiger partial charge in [-0.05, 0) is 50.2 Å². The highest BCUT2D eigenvalue weighted by molar-refractivity contribution is 6.04. The number of pyridine rings is 2. The molecule has 4 rings (SSSR count). The number of fused-ring (bicyclic) bond motifs is 3. The summed E-state index contributed by atoms with van der Waals surface area (Å²) in [4.78, 5) is 29.7. The second-order valence-corrected chi connectivity index (χ2v) is 7.95. The molecule has 2 N–H and O–H groups in total. The van der Waals surface area contributed by atoms with Crippen LogP contribution in [0.5, 0.6) is 5.75 Å². The Kier molecular flexibility index (Phi) is 6.69. The third-order valence-electron chi connectivity index (χ3n) is 5.75. The molecule has 0 aliphatic rings. The molecular weight excluding hydrogens is 420 g/mol. The smallest absolute Gasteiger partial charge is 0.261 e. The van der Waals surface area contributed by atoms with Crippen molar-refractivity contribution < 1.29 is 9.53 Å². The molecule has 172 valence electrons. The van der Waals surface area contributed by atoms with Gasteiger partial charge in [0.15, 0.2) is 0 Å². The fourth-order valence-electron chi connectivity index (χ4n) is 3.92. The van der Waals surface area contributed by atoms with Gasteiger partial charge in [0, 0.05) is 31.2 Å². The summed E-state index contributed by atoms with van der Waals surface area (Å²) in [6.45, 7) is 3.38. The summed E-state index contributed by atoms with van der Waals surface area (Å²) < 4.78 is 8.52. The van der Waals surface area contributed by atoms with E-state index < -0.39 is 0 Å². The summed E-state index contributed by atoms with van der Waals surface area (Å²) >= 11 is 0. The highest BCUT2D eigenvalue weighted by atomic mass is 16.5. The molecule has 9 heteroatoms. The number of aryl methyl sites for hydroxylation is 1. The molecular formula is C24H28N6O3. The van der Waals surface area contributed by atoms with Crippen LogP contribution < -0.4 is 20.9 Å². The molecule has 9 nitrogen and oxygen atoms in total. The minimum atomic E-state index is -0.158. The first-order valence-electron chi connectivity index (χ1n) is 10.9. The van der Waals surface area contributed by atoms with Gasteiger partial charge in [0.25, 0.3) is 5.56 Å². The first-order valence-corrected chi connectivity index (χ1v) is 10.9. The molecule has 0 fully saturated rings. The highest BCUT2D eigenvalue weighted by Crippen LogP contribution is 2.26. The molecule has 0 saturated carbocycles. The number of hydrogen-bond donors (Lipinski definition) is 2. The third-order valence-corrected chi connectivity index (χ3v) is 5.75. The summed E-state index contributed by atoms with van der Waals surface area (Å²) in [5.41, 5.74) is 2.22. The van der Waals surface area contributed by atoms with E-state index in [9.17, 15) is 9.59 Å². The number of nitrogens with zero attached hydrogens (tertiary/aromatic N) is 4. The highest BCUT2D eigenvalue weighted by Gasteiger charge is 2.16. The van der Waals surface area contributed by atoms with E-state index in [2.05, 4.69) is 27.6 Å². The number of carbonyl (C=O) groups excluding carboxylic acids is 1. The maximum absolute atomic E-state index is 12.8. The Bertz CT molecular complexity index is 1330. The van der Waals surface area contributed by atoms with Crippen LogP contribution in [0.3, 0.4) is 0 Å². The summed E-state index contributed by atoms with van der Waals surface area (Å²) in [5.74, 6) is 0.515. The summed E-state index contributed by atoms with van der Waals surface area (Å²) in [6.07, 6.45) is 4.08. The lowest BCUT2D eigenvalue weighted by Crippen LogP contribution is -2.31. The van der Waals surface area contributed by atoms with Crippen molar-refractivity contribution >= 4 is 27.7 Å². The molecule has 3 heterocycles. The Morgan fingerprint density at radius 2 is 2.03 bits per heavy atom. The monoisotopic (exact) mass is 448 g/mol. The predicted octanol–water partition coefficient (Wildman–Crippen LogP) is 2.15. The van der Waals surface area contributed by atoms with Crippen LogP contribution in [-0.2, 0) is 18.4 Å². The number of carbonyl (C=O) groups is 1. The fourth-order valence-corrected chi connectivity index (χ4v) is 3.92. The van der Waals surface area contributed by atoms with E-state index in [4.69, 9.17) is 4.74 Å². The number of methoxy groups -OCH3 is 1. The van der Waals surface area contributed by atoms with Gasteiger partial charge in [-0.1, -0.05) is 6.07 Å². The second kappa shape index (κ2) is 9.83. The molecule has 3 aromatic heterocycles. The van der Waals surface area contributed by atoms with Crippen molar-refractivity contribution in [3.05, 3.63) is 64.8 Å². The average Bonchev–Trinajstić information content (AvgIpc) is 3.26. The van der Waals surface area contributed by atoms with Crippen molar-refractivity contribution in [2.75, 3.05) is 20.2 Å². The Labute approximate surface area is 191 Å². The van der Waals surface area contributed by atoms with Crippen molar-refractivity contribution in [3.8, 4) is 5.75 Å². The molecule has 1 amide bonds. The zero-order valence-electron chi connectivity index (χ0n) is 19.0. The van der Waals surface area contributed by atoms with Crippen LogP contribution in [0.2, 0.25) is 0 Å². The second-order valence-electron chi connectivity index (χ2n) is 7.95. The Morgan fingerprint density at radius 3 is 2.79 bits per heavy atom. The molecule has 1 unspecified atom stereocenters. The van der Waals surface area contributed by atoms with Crippen molar-refractivity contribution in [1.29, 1.82) is 0 Å². The maximum Gasteiger partial charge on any atom is 0.261 e. The number of amides is 1. The van der Waals surface area contributed by atoms with Crippen molar-refractivity contribution in [1.82, 2.24) is 30.0 Å². The summed E-state index contributed by atoms with van der Waals surface area (Å²) in [7, 11) is 3.32. The summed E-state index contributed by atoms with van der Waals surface area (Å²) in [5, 5.41) is 11.9. The van der Waals surface area contributed by atoms with E-state index in [0.29, 0.717) is 23.2 Å². The Morgan fingerprint density at radius 1 is 1.18 bits per heavy atom. The molecule has 0 spiro atoms. The lowest BCUT2D eigenvalue weighted by molar-refractivity contribution is -0.121. The SMILES string of the molecule is COc1ccc2c(c1)c1c(cnn1CC(=O)NCCCNC(C)c1ccccn1)c(=O)n2C. The summed E-state index contributed by atoms with van der Waals surface area (Å²) in [6, 6.07) is 11.5. The normalized spacial score (nSPS) is 12.2. The molecule has 1 atom stereocenters. The zero-order chi connectivity index (χ0) is 23.4. The van der Waals surface area contributed by atoms with Crippen LogP contribution in [-0.4, -0.2) is 45.4 Å². The largest absolute Gasteiger partial charge is 0.497 e. The van der Waals surface area contributed by atoms with Crippen molar-refractivity contribution in [3.63, 3.8) is 0 Å². The minimum Gasteiger partial charge on any atom is -0.497 e. The van der Waals surface area contributed by atoms with Gasteiger partial charge >= 0.3 is 0 Å². The number of aromatic nitrogens is 4. The van der Waals surface area contributed by atoms with Gasteiger partial charge < -0.3 is 19.9 Å². The fraction of sp³-hybridized carbons (Fsp3) is 0.333. The first kappa shape index (κ1) is 22.5. The maximum atomic E-state index is 12.8. The molecule has 0 saturated heterocycles. The Balaban J connectivity index is 1.40. The third kappa shape index (κ3) is 4.73. The van der Waals surface area contributed by atoms with Gasteiger partial charge in [0.05, 0.1) is 35.4 Å². The van der Waals surface area contributed by atoms with Crippen LogP contribution in [0.15, 0.2) is 53.6 Å². The lowest BCUT2D eigenvalue weighted by Gasteiger charge is -2.13. The van der Waals surface area contributed by atoms with Gasteiger partial charge in [-0.3, -0.25) is 19.3 Å².